The summed E-state index contributed by atoms with van der Waals surface area (Å²) in [7, 11) is 0. The molecule has 0 saturated heterocycles. The lowest BCUT2D eigenvalue weighted by Crippen LogP contribution is -2.45. The first-order chi connectivity index (χ1) is 12.7. The summed E-state index contributed by atoms with van der Waals surface area (Å²) in [6.07, 6.45) is -1.44. The molecule has 0 fully saturated rings. The van der Waals surface area contributed by atoms with E-state index in [1.54, 1.807) is 19.1 Å². The first-order valence-electron chi connectivity index (χ1n) is 8.91. The number of benzene rings is 1. The molecule has 0 spiro atoms. The predicted molar refractivity (Wildman–Crippen MR) is 103 cm³/mol. The zero-order valence-electron chi connectivity index (χ0n) is 16.5. The molecule has 0 aliphatic carbocycles. The van der Waals surface area contributed by atoms with Crippen LogP contribution in [0.5, 0.6) is 5.75 Å². The highest BCUT2D eigenvalue weighted by atomic mass is 16.6. The second-order valence-corrected chi connectivity index (χ2v) is 6.98. The van der Waals surface area contributed by atoms with Crippen LogP contribution in [0.2, 0.25) is 0 Å². The van der Waals surface area contributed by atoms with Crippen LogP contribution in [0, 0.1) is 11.8 Å². The number of guanidine groups is 1. The number of rotatable bonds is 6. The Kier molecular flexibility index (Phi) is 9.12. The second-order valence-electron chi connectivity index (χ2n) is 6.98. The molecular formula is C19H29N3O5. The highest BCUT2D eigenvalue weighted by Crippen LogP contribution is 2.19. The van der Waals surface area contributed by atoms with Crippen LogP contribution in [0.3, 0.4) is 0 Å². The number of phenolic OH excluding ortho intramolecular Hbond substituents is 1. The largest absolute Gasteiger partial charge is 0.508 e. The van der Waals surface area contributed by atoms with Crippen LogP contribution >= 0.6 is 0 Å². The summed E-state index contributed by atoms with van der Waals surface area (Å²) in [5.74, 6) is 0.422. The zero-order chi connectivity index (χ0) is 20.4. The fraction of sp³-hybridized carbons (Fsp3) is 0.526. The molecule has 0 aliphatic heterocycles. The molecule has 0 saturated carbocycles. The number of hydrogen-bond acceptors (Lipinski definition) is 6. The van der Waals surface area contributed by atoms with Gasteiger partial charge in [-0.3, -0.25) is 10.6 Å². The van der Waals surface area contributed by atoms with Gasteiger partial charge in [0.15, 0.2) is 0 Å². The summed E-state index contributed by atoms with van der Waals surface area (Å²) in [6.45, 7) is 9.92. The minimum atomic E-state index is -0.718. The molecule has 8 nitrogen and oxygen atoms in total. The van der Waals surface area contributed by atoms with Crippen molar-refractivity contribution in [2.45, 2.75) is 40.7 Å². The zero-order valence-corrected chi connectivity index (χ0v) is 16.5. The number of aromatic hydroxyl groups is 1. The molecule has 3 N–H and O–H groups in total. The van der Waals surface area contributed by atoms with Crippen LogP contribution in [0.25, 0.3) is 0 Å². The van der Waals surface area contributed by atoms with Crippen LogP contribution in [-0.2, 0) is 9.47 Å². The summed E-state index contributed by atoms with van der Waals surface area (Å²) in [5.41, 5.74) is 0.792. The second kappa shape index (κ2) is 11.1. The Labute approximate surface area is 160 Å². The van der Waals surface area contributed by atoms with Crippen LogP contribution in [0.15, 0.2) is 29.3 Å². The van der Waals surface area contributed by atoms with Gasteiger partial charge in [0.25, 0.3) is 0 Å². The molecule has 1 atom stereocenters. The normalized spacial score (nSPS) is 11.7. The Morgan fingerprint density at radius 3 is 1.78 bits per heavy atom. The van der Waals surface area contributed by atoms with Gasteiger partial charge in [-0.25, -0.2) is 14.6 Å². The Hall–Kier alpha value is -2.77. The third-order valence-electron chi connectivity index (χ3n) is 3.23. The molecule has 2 amide bonds. The standard InChI is InChI=1S/C19H29N3O5/c1-12(2)10-26-18(24)21-17(22-19(25)27-11-13(3)4)20-14(5)15-6-8-16(23)9-7-15/h6-9,12-14,23H,10-11H2,1-5H3,(H2,20,21,22,24,25). The maximum atomic E-state index is 11.9. The highest BCUT2D eigenvalue weighted by molar-refractivity contribution is 6.01. The van der Waals surface area contributed by atoms with E-state index in [0.29, 0.717) is 0 Å². The Bertz CT molecular complexity index is 613. The number of nitrogens with zero attached hydrogens (tertiary/aromatic N) is 1. The summed E-state index contributed by atoms with van der Waals surface area (Å²) >= 11 is 0. The van der Waals surface area contributed by atoms with Crippen molar-refractivity contribution in [2.75, 3.05) is 13.2 Å². The smallest absolute Gasteiger partial charge is 0.413 e. The van der Waals surface area contributed by atoms with Crippen molar-refractivity contribution in [1.29, 1.82) is 0 Å². The molecule has 0 bridgehead atoms. The first kappa shape index (κ1) is 22.3. The van der Waals surface area contributed by atoms with E-state index in [4.69, 9.17) is 9.47 Å². The minimum absolute atomic E-state index is 0.0712. The van der Waals surface area contributed by atoms with E-state index in [1.807, 2.05) is 27.7 Å². The lowest BCUT2D eigenvalue weighted by molar-refractivity contribution is 0.135. The summed E-state index contributed by atoms with van der Waals surface area (Å²) in [4.78, 5) is 28.2. The molecule has 1 aromatic carbocycles. The van der Waals surface area contributed by atoms with Crippen molar-refractivity contribution in [3.8, 4) is 5.75 Å². The number of nitrogens with one attached hydrogen (secondary N) is 2. The molecule has 150 valence electrons. The van der Waals surface area contributed by atoms with Gasteiger partial charge in [-0.2, -0.15) is 0 Å². The Morgan fingerprint density at radius 2 is 1.37 bits per heavy atom. The molecular weight excluding hydrogens is 350 g/mol. The summed E-state index contributed by atoms with van der Waals surface area (Å²) < 4.78 is 10.1. The Morgan fingerprint density at radius 1 is 0.926 bits per heavy atom. The fourth-order valence-electron chi connectivity index (χ4n) is 1.87. The molecule has 0 radical (unpaired) electrons. The Balaban J connectivity index is 2.85. The average molecular weight is 379 g/mol. The van der Waals surface area contributed by atoms with Gasteiger partial charge in [-0.1, -0.05) is 39.8 Å². The van der Waals surface area contributed by atoms with E-state index < -0.39 is 18.2 Å². The third-order valence-corrected chi connectivity index (χ3v) is 3.23. The van der Waals surface area contributed by atoms with Crippen molar-refractivity contribution in [3.63, 3.8) is 0 Å². The molecule has 0 aliphatic rings. The number of aliphatic imine (C=N–C) groups is 1. The number of amides is 2. The molecule has 0 aromatic heterocycles. The van der Waals surface area contributed by atoms with E-state index in [2.05, 4.69) is 15.6 Å². The van der Waals surface area contributed by atoms with E-state index in [9.17, 15) is 14.7 Å². The van der Waals surface area contributed by atoms with Gasteiger partial charge in [0.2, 0.25) is 5.96 Å². The van der Waals surface area contributed by atoms with Gasteiger partial charge < -0.3 is 14.6 Å². The molecule has 0 heterocycles. The van der Waals surface area contributed by atoms with Crippen LogP contribution in [0.4, 0.5) is 9.59 Å². The first-order valence-corrected chi connectivity index (χ1v) is 8.91. The molecule has 1 unspecified atom stereocenters. The topological polar surface area (TPSA) is 109 Å². The lowest BCUT2D eigenvalue weighted by atomic mass is 10.1. The predicted octanol–water partition coefficient (Wildman–Crippen LogP) is 3.57. The van der Waals surface area contributed by atoms with Gasteiger partial charge in [-0.05, 0) is 36.5 Å². The monoisotopic (exact) mass is 379 g/mol. The van der Waals surface area contributed by atoms with Crippen molar-refractivity contribution < 1.29 is 24.2 Å². The summed E-state index contributed by atoms with van der Waals surface area (Å²) in [5, 5.41) is 14.2. The van der Waals surface area contributed by atoms with Crippen LogP contribution in [0.1, 0.15) is 46.2 Å². The lowest BCUT2D eigenvalue weighted by Gasteiger charge is -2.15. The number of carbonyl (C=O) groups is 2. The van der Waals surface area contributed by atoms with E-state index in [1.165, 1.54) is 12.1 Å². The van der Waals surface area contributed by atoms with Gasteiger partial charge in [-0.15, -0.1) is 0 Å². The SMILES string of the molecule is CC(C)COC(=O)NC(=NC(C)c1ccc(O)cc1)NC(=O)OCC(C)C. The van der Waals surface area contributed by atoms with Crippen molar-refractivity contribution in [3.05, 3.63) is 29.8 Å². The third kappa shape index (κ3) is 9.48. The number of phenols is 1. The van der Waals surface area contributed by atoms with Crippen LogP contribution < -0.4 is 10.6 Å². The average Bonchev–Trinajstić information content (AvgIpc) is 2.58. The number of hydrogen-bond donors (Lipinski definition) is 3. The van der Waals surface area contributed by atoms with Gasteiger partial charge >= 0.3 is 12.2 Å². The highest BCUT2D eigenvalue weighted by Gasteiger charge is 2.15. The van der Waals surface area contributed by atoms with Gasteiger partial charge in [0, 0.05) is 0 Å². The number of carbonyl (C=O) groups excluding carboxylic acids is 2. The van der Waals surface area contributed by atoms with Crippen molar-refractivity contribution in [2.24, 2.45) is 16.8 Å². The maximum Gasteiger partial charge on any atom is 0.413 e. The number of alkyl carbamates (subject to hydrolysis) is 2. The molecule has 8 heteroatoms. The maximum absolute atomic E-state index is 11.9. The van der Waals surface area contributed by atoms with E-state index >= 15 is 0 Å². The molecule has 27 heavy (non-hydrogen) atoms. The molecule has 1 aromatic rings. The van der Waals surface area contributed by atoms with Crippen molar-refractivity contribution in [1.82, 2.24) is 10.6 Å². The van der Waals surface area contributed by atoms with Gasteiger partial charge in [0.1, 0.15) is 5.75 Å². The molecule has 1 rings (SSSR count). The van der Waals surface area contributed by atoms with E-state index in [0.717, 1.165) is 5.56 Å². The fourth-order valence-corrected chi connectivity index (χ4v) is 1.87. The van der Waals surface area contributed by atoms with E-state index in [-0.39, 0.29) is 36.8 Å². The quantitative estimate of drug-likeness (QED) is 0.517. The van der Waals surface area contributed by atoms with Gasteiger partial charge in [0.05, 0.1) is 19.3 Å². The van der Waals surface area contributed by atoms with Crippen LogP contribution in [-0.4, -0.2) is 36.5 Å². The number of ether oxygens (including phenoxy) is 2. The minimum Gasteiger partial charge on any atom is -0.508 e. The summed E-state index contributed by atoms with van der Waals surface area (Å²) in [6, 6.07) is 6.09. The van der Waals surface area contributed by atoms with Crippen molar-refractivity contribution >= 4 is 18.1 Å².